The molecule has 2 aromatic rings. The number of hydrogen-bond donors (Lipinski definition) is 2. The van der Waals surface area contributed by atoms with E-state index in [1.54, 1.807) is 36.4 Å². The summed E-state index contributed by atoms with van der Waals surface area (Å²) in [5, 5.41) is 9.09. The zero-order valence-electron chi connectivity index (χ0n) is 11.5. The van der Waals surface area contributed by atoms with Gasteiger partial charge in [-0.25, -0.2) is 8.42 Å². The predicted molar refractivity (Wildman–Crippen MR) is 87.5 cm³/mol. The summed E-state index contributed by atoms with van der Waals surface area (Å²) in [4.78, 5) is 0. The van der Waals surface area contributed by atoms with Crippen molar-refractivity contribution in [1.29, 1.82) is 0 Å². The summed E-state index contributed by atoms with van der Waals surface area (Å²) in [5.41, 5.74) is 2.75. The van der Waals surface area contributed by atoms with E-state index in [0.29, 0.717) is 16.8 Å². The molecule has 0 bridgehead atoms. The summed E-state index contributed by atoms with van der Waals surface area (Å²) >= 11 is 3.34. The maximum absolute atomic E-state index is 12.2. The minimum Gasteiger partial charge on any atom is -0.392 e. The van der Waals surface area contributed by atoms with Crippen LogP contribution in [0, 0.1) is 6.92 Å². The molecule has 0 amide bonds. The van der Waals surface area contributed by atoms with Crippen molar-refractivity contribution in [2.45, 2.75) is 19.3 Å². The first kappa shape index (κ1) is 16.0. The van der Waals surface area contributed by atoms with E-state index in [4.69, 9.17) is 5.11 Å². The lowest BCUT2D eigenvalue weighted by Gasteiger charge is -2.11. The van der Waals surface area contributed by atoms with Gasteiger partial charge >= 0.3 is 0 Å². The summed E-state index contributed by atoms with van der Waals surface area (Å²) in [5.74, 6) is -0.129. The van der Waals surface area contributed by atoms with Gasteiger partial charge in [-0.05, 0) is 41.8 Å². The minimum absolute atomic E-state index is 0.104. The smallest absolute Gasteiger partial charge is 0.236 e. The number of anilines is 1. The van der Waals surface area contributed by atoms with Crippen molar-refractivity contribution >= 4 is 31.6 Å². The van der Waals surface area contributed by atoms with E-state index in [1.807, 2.05) is 13.0 Å². The first-order valence-electron chi connectivity index (χ1n) is 6.35. The van der Waals surface area contributed by atoms with Gasteiger partial charge in [0, 0.05) is 4.47 Å². The maximum Gasteiger partial charge on any atom is 0.236 e. The molecule has 2 rings (SSSR count). The molecule has 0 aliphatic rings. The van der Waals surface area contributed by atoms with Crippen LogP contribution in [0.4, 0.5) is 5.69 Å². The Morgan fingerprint density at radius 2 is 1.86 bits per heavy atom. The Balaban J connectivity index is 2.18. The van der Waals surface area contributed by atoms with Crippen molar-refractivity contribution in [2.24, 2.45) is 0 Å². The van der Waals surface area contributed by atoms with Crippen LogP contribution in [-0.2, 0) is 22.4 Å². The van der Waals surface area contributed by atoms with Gasteiger partial charge < -0.3 is 5.11 Å². The first-order valence-corrected chi connectivity index (χ1v) is 8.79. The second-order valence-corrected chi connectivity index (χ2v) is 7.44. The van der Waals surface area contributed by atoms with Gasteiger partial charge in [0.05, 0.1) is 18.0 Å². The average Bonchev–Trinajstić information content (AvgIpc) is 2.41. The molecule has 6 heteroatoms. The zero-order valence-corrected chi connectivity index (χ0v) is 13.9. The molecule has 112 valence electrons. The minimum atomic E-state index is -3.49. The van der Waals surface area contributed by atoms with Crippen LogP contribution in [0.15, 0.2) is 46.9 Å². The van der Waals surface area contributed by atoms with Crippen LogP contribution in [0.5, 0.6) is 0 Å². The van der Waals surface area contributed by atoms with Crippen LogP contribution in [0.25, 0.3) is 0 Å². The van der Waals surface area contributed by atoms with Gasteiger partial charge in [-0.2, -0.15) is 0 Å². The number of benzene rings is 2. The lowest BCUT2D eigenvalue weighted by molar-refractivity contribution is 0.282. The van der Waals surface area contributed by atoms with Gasteiger partial charge in [0.1, 0.15) is 0 Å². The Kier molecular flexibility index (Phi) is 5.03. The molecule has 0 unspecified atom stereocenters. The average molecular weight is 370 g/mol. The number of aliphatic hydroxyl groups is 1. The lowest BCUT2D eigenvalue weighted by atomic mass is 10.1. The van der Waals surface area contributed by atoms with Crippen molar-refractivity contribution in [3.8, 4) is 0 Å². The Morgan fingerprint density at radius 1 is 1.14 bits per heavy atom. The fourth-order valence-electron chi connectivity index (χ4n) is 1.98. The fourth-order valence-corrected chi connectivity index (χ4v) is 3.71. The van der Waals surface area contributed by atoms with Gasteiger partial charge in [0.2, 0.25) is 10.0 Å². The summed E-state index contributed by atoms with van der Waals surface area (Å²) in [7, 11) is -3.49. The van der Waals surface area contributed by atoms with Crippen LogP contribution in [0.3, 0.4) is 0 Å². The van der Waals surface area contributed by atoms with Gasteiger partial charge in [-0.15, -0.1) is 0 Å². The molecule has 0 atom stereocenters. The highest BCUT2D eigenvalue weighted by molar-refractivity contribution is 9.10. The van der Waals surface area contributed by atoms with E-state index in [0.717, 1.165) is 10.0 Å². The molecule has 0 saturated heterocycles. The molecular formula is C15H16BrNO3S. The molecule has 0 aliphatic carbocycles. The summed E-state index contributed by atoms with van der Waals surface area (Å²) in [6.45, 7) is 1.74. The molecule has 2 N–H and O–H groups in total. The quantitative estimate of drug-likeness (QED) is 0.850. The number of aliphatic hydroxyl groups excluding tert-OH is 1. The third-order valence-corrected chi connectivity index (χ3v) is 4.72. The molecule has 4 nitrogen and oxygen atoms in total. The summed E-state index contributed by atoms with van der Waals surface area (Å²) < 4.78 is 27.9. The Hall–Kier alpha value is -1.37. The molecule has 0 heterocycles. The molecule has 0 aliphatic heterocycles. The van der Waals surface area contributed by atoms with Crippen molar-refractivity contribution in [2.75, 3.05) is 4.72 Å². The van der Waals surface area contributed by atoms with Gasteiger partial charge in [0.15, 0.2) is 0 Å². The van der Waals surface area contributed by atoms with Crippen LogP contribution >= 0.6 is 15.9 Å². The monoisotopic (exact) mass is 369 g/mol. The maximum atomic E-state index is 12.2. The first-order chi connectivity index (χ1) is 9.89. The number of nitrogens with one attached hydrogen (secondary N) is 1. The van der Waals surface area contributed by atoms with E-state index in [9.17, 15) is 8.42 Å². The molecule has 0 saturated carbocycles. The summed E-state index contributed by atoms with van der Waals surface area (Å²) in [6, 6.07) is 12.3. The van der Waals surface area contributed by atoms with Crippen molar-refractivity contribution < 1.29 is 13.5 Å². The van der Waals surface area contributed by atoms with Gasteiger partial charge in [-0.1, -0.05) is 40.2 Å². The van der Waals surface area contributed by atoms with Crippen LogP contribution in [0.2, 0.25) is 0 Å². The van der Waals surface area contributed by atoms with E-state index in [1.165, 1.54) is 0 Å². The summed E-state index contributed by atoms with van der Waals surface area (Å²) in [6.07, 6.45) is 0. The molecule has 0 fully saturated rings. The molecule has 0 spiro atoms. The Labute approximate surface area is 133 Å². The number of halogens is 1. The Bertz CT molecular complexity index is 744. The second kappa shape index (κ2) is 6.60. The van der Waals surface area contributed by atoms with Crippen molar-refractivity contribution in [3.05, 3.63) is 63.6 Å². The molecule has 0 aromatic heterocycles. The molecular weight excluding hydrogens is 354 g/mol. The van der Waals surface area contributed by atoms with Crippen LogP contribution < -0.4 is 4.72 Å². The number of sulfonamides is 1. The SMILES string of the molecule is Cc1cc(Br)ccc1NS(=O)(=O)Cc1cccc(CO)c1. The number of aryl methyl sites for hydroxylation is 1. The van der Waals surface area contributed by atoms with E-state index in [-0.39, 0.29) is 12.4 Å². The van der Waals surface area contributed by atoms with Crippen molar-refractivity contribution in [3.63, 3.8) is 0 Å². The third-order valence-electron chi connectivity index (χ3n) is 2.98. The highest BCUT2D eigenvalue weighted by atomic mass is 79.9. The second-order valence-electron chi connectivity index (χ2n) is 4.80. The molecule has 2 aromatic carbocycles. The number of rotatable bonds is 5. The number of hydrogen-bond acceptors (Lipinski definition) is 3. The predicted octanol–water partition coefficient (Wildman–Crippen LogP) is 3.19. The van der Waals surface area contributed by atoms with Gasteiger partial charge in [-0.3, -0.25) is 4.72 Å². The largest absolute Gasteiger partial charge is 0.392 e. The third kappa shape index (κ3) is 4.56. The highest BCUT2D eigenvalue weighted by Gasteiger charge is 2.13. The standard InChI is InChI=1S/C15H16BrNO3S/c1-11-7-14(16)5-6-15(11)17-21(19,20)10-13-4-2-3-12(8-13)9-18/h2-8,17-18H,9-10H2,1H3. The van der Waals surface area contributed by atoms with E-state index >= 15 is 0 Å². The fraction of sp³-hybridized carbons (Fsp3) is 0.200. The van der Waals surface area contributed by atoms with E-state index < -0.39 is 10.0 Å². The Morgan fingerprint density at radius 3 is 2.52 bits per heavy atom. The topological polar surface area (TPSA) is 66.4 Å². The molecule has 0 radical (unpaired) electrons. The van der Waals surface area contributed by atoms with Crippen LogP contribution in [0.1, 0.15) is 16.7 Å². The highest BCUT2D eigenvalue weighted by Crippen LogP contribution is 2.22. The zero-order chi connectivity index (χ0) is 15.5. The normalized spacial score (nSPS) is 11.4. The van der Waals surface area contributed by atoms with Crippen LogP contribution in [-0.4, -0.2) is 13.5 Å². The molecule has 21 heavy (non-hydrogen) atoms. The van der Waals surface area contributed by atoms with E-state index in [2.05, 4.69) is 20.7 Å². The lowest BCUT2D eigenvalue weighted by Crippen LogP contribution is -2.15. The van der Waals surface area contributed by atoms with Gasteiger partial charge in [0.25, 0.3) is 0 Å². The van der Waals surface area contributed by atoms with Crippen molar-refractivity contribution in [1.82, 2.24) is 0 Å².